The molecule has 0 saturated heterocycles. The molecule has 0 aliphatic carbocycles. The van der Waals surface area contributed by atoms with Crippen LogP contribution in [-0.2, 0) is 13.5 Å². The second-order valence-corrected chi connectivity index (χ2v) is 3.31. The van der Waals surface area contributed by atoms with E-state index in [0.717, 1.165) is 5.82 Å². The molecule has 0 spiro atoms. The third-order valence-corrected chi connectivity index (χ3v) is 2.06. The van der Waals surface area contributed by atoms with Crippen LogP contribution in [0, 0.1) is 0 Å². The number of hydrogen-bond acceptors (Lipinski definition) is 4. The largest absolute Gasteiger partial charge is 0.350 e. The summed E-state index contributed by atoms with van der Waals surface area (Å²) in [6.45, 7) is 0.505. The summed E-state index contributed by atoms with van der Waals surface area (Å²) < 4.78 is 1.59. The zero-order valence-electron chi connectivity index (χ0n) is 8.84. The standard InChI is InChI=1S/C9H12N6O/c1-15-5-3-7(14-15)9(16)10-4-2-8-11-6-12-13-8/h3,5-6H,2,4H2,1H3,(H,10,16)(H,11,12,13). The van der Waals surface area contributed by atoms with Crippen LogP contribution in [0.2, 0.25) is 0 Å². The number of aromatic nitrogens is 5. The maximum absolute atomic E-state index is 11.6. The Kier molecular flexibility index (Phi) is 2.95. The van der Waals surface area contributed by atoms with Gasteiger partial charge in [-0.05, 0) is 6.07 Å². The van der Waals surface area contributed by atoms with E-state index in [0.29, 0.717) is 18.7 Å². The third kappa shape index (κ3) is 2.44. The minimum atomic E-state index is -0.180. The number of aryl methyl sites for hydroxylation is 1. The molecule has 2 N–H and O–H groups in total. The lowest BCUT2D eigenvalue weighted by Crippen LogP contribution is -2.26. The summed E-state index contributed by atoms with van der Waals surface area (Å²) >= 11 is 0. The molecule has 0 unspecified atom stereocenters. The SMILES string of the molecule is Cn1ccc(C(=O)NCCc2ncn[nH]2)n1. The van der Waals surface area contributed by atoms with E-state index in [9.17, 15) is 4.79 Å². The summed E-state index contributed by atoms with van der Waals surface area (Å²) in [7, 11) is 1.77. The second-order valence-electron chi connectivity index (χ2n) is 3.31. The Labute approximate surface area is 91.9 Å². The van der Waals surface area contributed by atoms with Crippen LogP contribution in [0.5, 0.6) is 0 Å². The first kappa shape index (κ1) is 10.3. The summed E-state index contributed by atoms with van der Waals surface area (Å²) in [6, 6.07) is 1.67. The zero-order valence-corrected chi connectivity index (χ0v) is 8.84. The molecule has 2 heterocycles. The van der Waals surface area contributed by atoms with Gasteiger partial charge in [-0.15, -0.1) is 0 Å². The van der Waals surface area contributed by atoms with Crippen LogP contribution in [0.25, 0.3) is 0 Å². The van der Waals surface area contributed by atoms with Gasteiger partial charge in [0.1, 0.15) is 17.8 Å². The molecule has 2 rings (SSSR count). The van der Waals surface area contributed by atoms with Crippen molar-refractivity contribution in [3.05, 3.63) is 30.1 Å². The predicted molar refractivity (Wildman–Crippen MR) is 55.6 cm³/mol. The molecule has 0 atom stereocenters. The van der Waals surface area contributed by atoms with Crippen LogP contribution in [0.3, 0.4) is 0 Å². The van der Waals surface area contributed by atoms with Crippen LogP contribution in [0.1, 0.15) is 16.3 Å². The number of hydrogen-bond donors (Lipinski definition) is 2. The number of carbonyl (C=O) groups excluding carboxylic acids is 1. The third-order valence-electron chi connectivity index (χ3n) is 2.06. The smallest absolute Gasteiger partial charge is 0.271 e. The van der Waals surface area contributed by atoms with Crippen molar-refractivity contribution < 1.29 is 4.79 Å². The van der Waals surface area contributed by atoms with Crippen LogP contribution >= 0.6 is 0 Å². The van der Waals surface area contributed by atoms with Gasteiger partial charge in [0.05, 0.1) is 0 Å². The highest BCUT2D eigenvalue weighted by Crippen LogP contribution is 1.93. The first-order valence-electron chi connectivity index (χ1n) is 4.88. The van der Waals surface area contributed by atoms with Crippen molar-refractivity contribution in [2.24, 2.45) is 7.05 Å². The summed E-state index contributed by atoms with van der Waals surface area (Å²) in [4.78, 5) is 15.5. The molecule has 0 saturated carbocycles. The van der Waals surface area contributed by atoms with E-state index in [4.69, 9.17) is 0 Å². The highest BCUT2D eigenvalue weighted by atomic mass is 16.1. The van der Waals surface area contributed by atoms with Gasteiger partial charge in [0.15, 0.2) is 0 Å². The zero-order chi connectivity index (χ0) is 11.4. The number of aromatic amines is 1. The quantitative estimate of drug-likeness (QED) is 0.727. The Morgan fingerprint density at radius 3 is 3.12 bits per heavy atom. The molecule has 2 aromatic heterocycles. The lowest BCUT2D eigenvalue weighted by atomic mass is 10.3. The van der Waals surface area contributed by atoms with Crippen LogP contribution in [-0.4, -0.2) is 37.4 Å². The van der Waals surface area contributed by atoms with Gasteiger partial charge in [-0.25, -0.2) is 4.98 Å². The second kappa shape index (κ2) is 4.56. The summed E-state index contributed by atoms with van der Waals surface area (Å²) in [5, 5.41) is 13.2. The van der Waals surface area contributed by atoms with Gasteiger partial charge in [-0.1, -0.05) is 0 Å². The molecule has 84 valence electrons. The van der Waals surface area contributed by atoms with E-state index in [1.165, 1.54) is 6.33 Å². The van der Waals surface area contributed by atoms with Crippen molar-refractivity contribution in [1.29, 1.82) is 0 Å². The van der Waals surface area contributed by atoms with Gasteiger partial charge in [-0.3, -0.25) is 14.6 Å². The Morgan fingerprint density at radius 2 is 2.50 bits per heavy atom. The molecule has 7 heteroatoms. The molecular formula is C9H12N6O. The Morgan fingerprint density at radius 1 is 1.62 bits per heavy atom. The fraction of sp³-hybridized carbons (Fsp3) is 0.333. The minimum Gasteiger partial charge on any atom is -0.350 e. The predicted octanol–water partition coefficient (Wildman–Crippen LogP) is -0.489. The van der Waals surface area contributed by atoms with Crippen LogP contribution in [0.4, 0.5) is 0 Å². The average Bonchev–Trinajstić information content (AvgIpc) is 2.89. The highest BCUT2D eigenvalue weighted by Gasteiger charge is 2.07. The maximum Gasteiger partial charge on any atom is 0.271 e. The van der Waals surface area contributed by atoms with Gasteiger partial charge in [0.25, 0.3) is 5.91 Å². The van der Waals surface area contributed by atoms with Crippen molar-refractivity contribution in [1.82, 2.24) is 30.3 Å². The van der Waals surface area contributed by atoms with Gasteiger partial charge in [-0.2, -0.15) is 10.2 Å². The van der Waals surface area contributed by atoms with E-state index >= 15 is 0 Å². The van der Waals surface area contributed by atoms with E-state index < -0.39 is 0 Å². The lowest BCUT2D eigenvalue weighted by molar-refractivity contribution is 0.0948. The number of H-pyrrole nitrogens is 1. The topological polar surface area (TPSA) is 88.5 Å². The number of amides is 1. The maximum atomic E-state index is 11.6. The monoisotopic (exact) mass is 220 g/mol. The molecule has 0 fully saturated rings. The van der Waals surface area contributed by atoms with E-state index in [1.807, 2.05) is 0 Å². The molecule has 0 radical (unpaired) electrons. The molecule has 0 aliphatic heterocycles. The molecule has 1 amide bonds. The normalized spacial score (nSPS) is 10.3. The number of nitrogens with zero attached hydrogens (tertiary/aromatic N) is 4. The van der Waals surface area contributed by atoms with Crippen molar-refractivity contribution in [2.75, 3.05) is 6.54 Å². The average molecular weight is 220 g/mol. The Bertz CT molecular complexity index is 460. The first-order chi connectivity index (χ1) is 7.75. The van der Waals surface area contributed by atoms with Gasteiger partial charge < -0.3 is 5.32 Å². The molecule has 0 aromatic carbocycles. The van der Waals surface area contributed by atoms with Crippen LogP contribution < -0.4 is 5.32 Å². The number of nitrogens with one attached hydrogen (secondary N) is 2. The summed E-state index contributed by atoms with van der Waals surface area (Å²) in [6.07, 6.45) is 3.79. The molecule has 7 nitrogen and oxygen atoms in total. The van der Waals surface area contributed by atoms with E-state index in [2.05, 4.69) is 25.6 Å². The van der Waals surface area contributed by atoms with Gasteiger partial charge in [0, 0.05) is 26.2 Å². The van der Waals surface area contributed by atoms with Gasteiger partial charge >= 0.3 is 0 Å². The molecular weight excluding hydrogens is 208 g/mol. The fourth-order valence-electron chi connectivity index (χ4n) is 1.27. The number of rotatable bonds is 4. The molecule has 2 aromatic rings. The molecule has 0 aliphatic rings. The summed E-state index contributed by atoms with van der Waals surface area (Å²) in [5.41, 5.74) is 0.417. The fourth-order valence-corrected chi connectivity index (χ4v) is 1.27. The highest BCUT2D eigenvalue weighted by molar-refractivity contribution is 5.92. The van der Waals surface area contributed by atoms with Crippen molar-refractivity contribution in [3.63, 3.8) is 0 Å². The molecule has 16 heavy (non-hydrogen) atoms. The van der Waals surface area contributed by atoms with Crippen molar-refractivity contribution in [3.8, 4) is 0 Å². The lowest BCUT2D eigenvalue weighted by Gasteiger charge is -2.00. The molecule has 0 bridgehead atoms. The minimum absolute atomic E-state index is 0.180. The summed E-state index contributed by atoms with van der Waals surface area (Å²) in [5.74, 6) is 0.571. The Hall–Kier alpha value is -2.18. The van der Waals surface area contributed by atoms with E-state index in [1.54, 1.807) is 24.0 Å². The number of carbonyl (C=O) groups is 1. The van der Waals surface area contributed by atoms with Crippen molar-refractivity contribution in [2.45, 2.75) is 6.42 Å². The Balaban J connectivity index is 1.80. The van der Waals surface area contributed by atoms with Gasteiger partial charge in [0.2, 0.25) is 0 Å². The van der Waals surface area contributed by atoms with Crippen LogP contribution in [0.15, 0.2) is 18.6 Å². The first-order valence-corrected chi connectivity index (χ1v) is 4.88. The van der Waals surface area contributed by atoms with E-state index in [-0.39, 0.29) is 5.91 Å². The van der Waals surface area contributed by atoms with Crippen molar-refractivity contribution >= 4 is 5.91 Å².